The molecular weight excluding hydrogens is 477 g/mol. The predicted molar refractivity (Wildman–Crippen MR) is 130 cm³/mol. The molecule has 1 amide bonds. The Labute approximate surface area is 207 Å². The molecule has 35 heavy (non-hydrogen) atoms. The molecule has 3 rings (SSSR count). The van der Waals surface area contributed by atoms with E-state index in [0.717, 1.165) is 0 Å². The van der Waals surface area contributed by atoms with Gasteiger partial charge in [0.1, 0.15) is 29.6 Å². The van der Waals surface area contributed by atoms with Gasteiger partial charge >= 0.3 is 0 Å². The van der Waals surface area contributed by atoms with Crippen LogP contribution in [0.2, 0.25) is 5.02 Å². The van der Waals surface area contributed by atoms with Crippen molar-refractivity contribution < 1.29 is 28.2 Å². The maximum absolute atomic E-state index is 13.6. The second-order valence-corrected chi connectivity index (χ2v) is 8.04. The van der Waals surface area contributed by atoms with Crippen molar-refractivity contribution >= 4 is 23.3 Å². The molecule has 1 atom stereocenters. The minimum absolute atomic E-state index is 0.0836. The molecule has 0 aliphatic rings. The van der Waals surface area contributed by atoms with Gasteiger partial charge in [0.15, 0.2) is 17.3 Å². The Hall–Kier alpha value is -3.69. The Balaban J connectivity index is 1.73. The van der Waals surface area contributed by atoms with Crippen molar-refractivity contribution in [2.24, 2.45) is 5.73 Å². The van der Waals surface area contributed by atoms with E-state index in [1.807, 2.05) is 0 Å². The van der Waals surface area contributed by atoms with Gasteiger partial charge in [-0.2, -0.15) is 0 Å². The molecule has 1 heterocycles. The third kappa shape index (κ3) is 6.46. The van der Waals surface area contributed by atoms with Gasteiger partial charge in [-0.1, -0.05) is 11.6 Å². The van der Waals surface area contributed by atoms with Crippen LogP contribution in [0.15, 0.2) is 48.5 Å². The van der Waals surface area contributed by atoms with Gasteiger partial charge in [-0.05, 0) is 55.5 Å². The maximum Gasteiger partial charge on any atom is 0.251 e. The number of carbonyl (C=O) groups excluding carboxylic acids is 2. The number of nitrogens with one attached hydrogen (secondary N) is 1. The van der Waals surface area contributed by atoms with E-state index in [4.69, 9.17) is 31.5 Å². The summed E-state index contributed by atoms with van der Waals surface area (Å²) in [5.74, 6) is -0.285. The second kappa shape index (κ2) is 11.6. The van der Waals surface area contributed by atoms with Gasteiger partial charge in [-0.3, -0.25) is 9.59 Å². The van der Waals surface area contributed by atoms with Crippen LogP contribution in [-0.4, -0.2) is 50.1 Å². The van der Waals surface area contributed by atoms with Crippen molar-refractivity contribution in [2.75, 3.05) is 27.4 Å². The maximum atomic E-state index is 13.6. The van der Waals surface area contributed by atoms with Gasteiger partial charge in [0.25, 0.3) is 5.91 Å². The van der Waals surface area contributed by atoms with E-state index in [9.17, 15) is 14.0 Å². The molecule has 0 aliphatic heterocycles. The number of rotatable bonds is 10. The van der Waals surface area contributed by atoms with Gasteiger partial charge in [0, 0.05) is 17.2 Å². The zero-order valence-electron chi connectivity index (χ0n) is 19.4. The number of benzene rings is 2. The van der Waals surface area contributed by atoms with E-state index in [1.165, 1.54) is 44.6 Å². The summed E-state index contributed by atoms with van der Waals surface area (Å²) in [4.78, 5) is 29.7. The SMILES string of the molecule is COc1cc(C(=O)NCC(=O)c2ccc(OC)c(-c3ccc(F)c(Cl)c3)n2)ccc1OCC(C)N. The van der Waals surface area contributed by atoms with Crippen LogP contribution in [0.1, 0.15) is 27.8 Å². The standard InChI is InChI=1S/C25H25ClFN3O5/c1-14(28)13-35-21-8-5-16(11-23(21)34-3)25(32)29-12-20(31)19-7-9-22(33-2)24(30-19)15-4-6-18(27)17(26)10-15/h4-11,14H,12-13,28H2,1-3H3,(H,29,32). The van der Waals surface area contributed by atoms with Crippen LogP contribution in [0.5, 0.6) is 17.2 Å². The molecule has 0 bridgehead atoms. The zero-order chi connectivity index (χ0) is 25.5. The van der Waals surface area contributed by atoms with E-state index in [-0.39, 0.29) is 35.5 Å². The number of methoxy groups -OCH3 is 2. The summed E-state index contributed by atoms with van der Waals surface area (Å²) in [5, 5.41) is 2.49. The topological polar surface area (TPSA) is 113 Å². The molecule has 3 N–H and O–H groups in total. The first-order valence-electron chi connectivity index (χ1n) is 10.6. The molecule has 3 aromatic rings. The zero-order valence-corrected chi connectivity index (χ0v) is 20.2. The van der Waals surface area contributed by atoms with Crippen LogP contribution in [-0.2, 0) is 0 Å². The van der Waals surface area contributed by atoms with E-state index in [0.29, 0.717) is 28.5 Å². The normalized spacial score (nSPS) is 11.5. The van der Waals surface area contributed by atoms with Crippen LogP contribution in [0.3, 0.4) is 0 Å². The largest absolute Gasteiger partial charge is 0.494 e. The molecule has 8 nitrogen and oxygen atoms in total. The highest BCUT2D eigenvalue weighted by atomic mass is 35.5. The molecule has 1 unspecified atom stereocenters. The molecule has 2 aromatic carbocycles. The number of carbonyl (C=O) groups is 2. The van der Waals surface area contributed by atoms with Gasteiger partial charge in [-0.15, -0.1) is 0 Å². The first kappa shape index (κ1) is 25.9. The molecule has 10 heteroatoms. The summed E-state index contributed by atoms with van der Waals surface area (Å²) in [6.45, 7) is 1.80. The Morgan fingerprint density at radius 3 is 2.43 bits per heavy atom. The summed E-state index contributed by atoms with van der Waals surface area (Å²) in [6, 6.07) is 11.6. The number of aromatic nitrogens is 1. The fraction of sp³-hybridized carbons (Fsp3) is 0.240. The minimum atomic E-state index is -0.575. The number of nitrogens with zero attached hydrogens (tertiary/aromatic N) is 1. The first-order chi connectivity index (χ1) is 16.7. The molecular formula is C25H25ClFN3O5. The molecule has 1 aromatic heterocycles. The van der Waals surface area contributed by atoms with Crippen LogP contribution >= 0.6 is 11.6 Å². The van der Waals surface area contributed by atoms with E-state index >= 15 is 0 Å². The minimum Gasteiger partial charge on any atom is -0.494 e. The lowest BCUT2D eigenvalue weighted by atomic mass is 10.1. The highest BCUT2D eigenvalue weighted by Gasteiger charge is 2.17. The second-order valence-electron chi connectivity index (χ2n) is 7.64. The summed E-state index contributed by atoms with van der Waals surface area (Å²) < 4.78 is 29.7. The number of nitrogens with two attached hydrogens (primary N) is 1. The number of halogens is 2. The van der Waals surface area contributed by atoms with Crippen molar-refractivity contribution in [1.29, 1.82) is 0 Å². The molecule has 0 aliphatic carbocycles. The first-order valence-corrected chi connectivity index (χ1v) is 11.0. The Kier molecular flexibility index (Phi) is 8.62. The number of Topliss-reactive ketones (excluding diaryl/α,β-unsaturated/α-hetero) is 1. The molecule has 184 valence electrons. The summed E-state index contributed by atoms with van der Waals surface area (Å²) in [6.07, 6.45) is 0. The number of amides is 1. The Bertz CT molecular complexity index is 1240. The lowest BCUT2D eigenvalue weighted by Crippen LogP contribution is -2.30. The highest BCUT2D eigenvalue weighted by molar-refractivity contribution is 6.31. The van der Waals surface area contributed by atoms with Crippen molar-refractivity contribution in [2.45, 2.75) is 13.0 Å². The summed E-state index contributed by atoms with van der Waals surface area (Å²) >= 11 is 5.89. The van der Waals surface area contributed by atoms with E-state index < -0.39 is 17.5 Å². The van der Waals surface area contributed by atoms with Crippen LogP contribution in [0.25, 0.3) is 11.3 Å². The molecule has 0 saturated carbocycles. The molecule has 0 radical (unpaired) electrons. The van der Waals surface area contributed by atoms with E-state index in [2.05, 4.69) is 10.3 Å². The lowest BCUT2D eigenvalue weighted by molar-refractivity contribution is 0.0902. The van der Waals surface area contributed by atoms with Crippen LogP contribution in [0.4, 0.5) is 4.39 Å². The summed E-state index contributed by atoms with van der Waals surface area (Å²) in [7, 11) is 2.91. The Morgan fingerprint density at radius 1 is 1.06 bits per heavy atom. The van der Waals surface area contributed by atoms with Gasteiger partial charge in [-0.25, -0.2) is 9.37 Å². The number of hydrogen-bond acceptors (Lipinski definition) is 7. The van der Waals surface area contributed by atoms with Crippen molar-refractivity contribution in [3.63, 3.8) is 0 Å². The average molecular weight is 502 g/mol. The lowest BCUT2D eigenvalue weighted by Gasteiger charge is -2.13. The molecule has 0 fully saturated rings. The third-order valence-corrected chi connectivity index (χ3v) is 5.18. The smallest absolute Gasteiger partial charge is 0.251 e. The number of pyridine rings is 1. The van der Waals surface area contributed by atoms with Gasteiger partial charge in [0.05, 0.1) is 25.8 Å². The summed E-state index contributed by atoms with van der Waals surface area (Å²) in [5.41, 5.74) is 6.88. The fourth-order valence-corrected chi connectivity index (χ4v) is 3.30. The highest BCUT2D eigenvalue weighted by Crippen LogP contribution is 2.31. The average Bonchev–Trinajstić information content (AvgIpc) is 2.86. The number of hydrogen-bond donors (Lipinski definition) is 2. The quantitative estimate of drug-likeness (QED) is 0.405. The van der Waals surface area contributed by atoms with E-state index in [1.54, 1.807) is 25.1 Å². The fourth-order valence-electron chi connectivity index (χ4n) is 3.12. The van der Waals surface area contributed by atoms with Crippen molar-refractivity contribution in [3.8, 4) is 28.5 Å². The van der Waals surface area contributed by atoms with Gasteiger partial charge < -0.3 is 25.3 Å². The van der Waals surface area contributed by atoms with Crippen LogP contribution in [0, 0.1) is 5.82 Å². The Morgan fingerprint density at radius 2 is 1.77 bits per heavy atom. The van der Waals surface area contributed by atoms with Crippen molar-refractivity contribution in [1.82, 2.24) is 10.3 Å². The third-order valence-electron chi connectivity index (χ3n) is 4.89. The molecule has 0 spiro atoms. The number of ether oxygens (including phenoxy) is 3. The van der Waals surface area contributed by atoms with Crippen LogP contribution < -0.4 is 25.3 Å². The predicted octanol–water partition coefficient (Wildman–Crippen LogP) is 3.90. The van der Waals surface area contributed by atoms with Crippen molar-refractivity contribution in [3.05, 3.63) is 70.6 Å². The monoisotopic (exact) mass is 501 g/mol. The number of ketones is 1. The molecule has 0 saturated heterocycles. The van der Waals surface area contributed by atoms with Gasteiger partial charge in [0.2, 0.25) is 0 Å².